The number of fused-ring (bicyclic) bond motifs is 2. The topological polar surface area (TPSA) is 63.6 Å². The zero-order valence-electron chi connectivity index (χ0n) is 17.3. The minimum atomic E-state index is -0.365. The molecule has 4 rings (SSSR count). The second-order valence-corrected chi connectivity index (χ2v) is 7.60. The summed E-state index contributed by atoms with van der Waals surface area (Å²) in [5.41, 5.74) is 2.37. The highest BCUT2D eigenvalue weighted by Gasteiger charge is 2.18. The minimum Gasteiger partial charge on any atom is -0.353 e. The number of imidazole rings is 1. The molecule has 1 amide bonds. The normalized spacial score (nSPS) is 11.4. The van der Waals surface area contributed by atoms with Gasteiger partial charge in [-0.05, 0) is 36.8 Å². The lowest BCUT2D eigenvalue weighted by Crippen LogP contribution is -2.27. The van der Waals surface area contributed by atoms with E-state index in [-0.39, 0.29) is 11.7 Å². The molecule has 156 valence electrons. The average Bonchev–Trinajstić information content (AvgIpc) is 3.35. The highest BCUT2D eigenvalue weighted by molar-refractivity contribution is 6.00. The Balaban J connectivity index is 1.55. The first-order valence-corrected chi connectivity index (χ1v) is 10.4. The molecule has 30 heavy (non-hydrogen) atoms. The van der Waals surface area contributed by atoms with Crippen molar-refractivity contribution in [2.24, 2.45) is 0 Å². The molecule has 0 atom stereocenters. The van der Waals surface area contributed by atoms with E-state index in [9.17, 15) is 9.18 Å². The van der Waals surface area contributed by atoms with E-state index in [1.54, 1.807) is 33.7 Å². The number of carbonyl (C=O) groups is 1. The maximum absolute atomic E-state index is 13.7. The molecule has 3 heterocycles. The molecule has 0 radical (unpaired) electrons. The summed E-state index contributed by atoms with van der Waals surface area (Å²) in [7, 11) is 1.83. The lowest BCUT2D eigenvalue weighted by Gasteiger charge is -2.17. The fourth-order valence-electron chi connectivity index (χ4n) is 3.66. The molecule has 6 nitrogen and oxygen atoms in total. The molecule has 0 saturated carbocycles. The Bertz CT molecular complexity index is 1180. The molecule has 0 N–H and O–H groups in total. The predicted molar refractivity (Wildman–Crippen MR) is 114 cm³/mol. The van der Waals surface area contributed by atoms with Crippen LogP contribution in [0.2, 0.25) is 0 Å². The minimum absolute atomic E-state index is 0.0335. The van der Waals surface area contributed by atoms with E-state index < -0.39 is 0 Å². The van der Waals surface area contributed by atoms with E-state index >= 15 is 0 Å². The van der Waals surface area contributed by atoms with Crippen LogP contribution < -0.4 is 0 Å². The van der Waals surface area contributed by atoms with E-state index in [0.29, 0.717) is 28.2 Å². The van der Waals surface area contributed by atoms with E-state index in [2.05, 4.69) is 17.1 Å². The number of pyridine rings is 1. The Morgan fingerprint density at radius 3 is 2.83 bits per heavy atom. The van der Waals surface area contributed by atoms with Gasteiger partial charge in [0.05, 0.1) is 11.6 Å². The number of halogens is 1. The highest BCUT2D eigenvalue weighted by Crippen LogP contribution is 2.30. The van der Waals surface area contributed by atoms with Crippen LogP contribution >= 0.6 is 0 Å². The lowest BCUT2D eigenvalue weighted by molar-refractivity contribution is 0.0792. The van der Waals surface area contributed by atoms with Gasteiger partial charge in [-0.25, -0.2) is 9.37 Å². The molecule has 0 aliphatic rings. The molecule has 0 saturated heterocycles. The number of rotatable bonds is 8. The van der Waals surface area contributed by atoms with Crippen molar-refractivity contribution in [1.82, 2.24) is 19.4 Å². The third-order valence-electron chi connectivity index (χ3n) is 5.37. The van der Waals surface area contributed by atoms with Gasteiger partial charge in [-0.1, -0.05) is 37.8 Å². The molecule has 7 heteroatoms. The maximum Gasteiger partial charge on any atom is 0.253 e. The lowest BCUT2D eigenvalue weighted by atomic mass is 10.1. The fraction of sp³-hybridized carbons (Fsp3) is 0.348. The van der Waals surface area contributed by atoms with Crippen LogP contribution in [0.3, 0.4) is 0 Å². The van der Waals surface area contributed by atoms with Crippen LogP contribution in [-0.2, 0) is 0 Å². The molecule has 3 aromatic heterocycles. The van der Waals surface area contributed by atoms with E-state index in [4.69, 9.17) is 4.52 Å². The first-order chi connectivity index (χ1) is 14.6. The van der Waals surface area contributed by atoms with Crippen LogP contribution in [-0.4, -0.2) is 38.9 Å². The van der Waals surface area contributed by atoms with Gasteiger partial charge in [-0.3, -0.25) is 9.20 Å². The summed E-state index contributed by atoms with van der Waals surface area (Å²) in [5, 5.41) is 4.87. The molecule has 0 spiro atoms. The van der Waals surface area contributed by atoms with Crippen molar-refractivity contribution in [3.8, 4) is 11.5 Å². The Hall–Kier alpha value is -3.22. The summed E-state index contributed by atoms with van der Waals surface area (Å²) in [4.78, 5) is 18.8. The van der Waals surface area contributed by atoms with Gasteiger partial charge in [0.15, 0.2) is 5.76 Å². The fourth-order valence-corrected chi connectivity index (χ4v) is 3.66. The molecule has 1 aromatic carbocycles. The van der Waals surface area contributed by atoms with Crippen LogP contribution in [0, 0.1) is 5.82 Å². The van der Waals surface area contributed by atoms with Crippen molar-refractivity contribution in [3.63, 3.8) is 0 Å². The summed E-state index contributed by atoms with van der Waals surface area (Å²) in [6.07, 6.45) is 8.78. The molecule has 0 bridgehead atoms. The van der Waals surface area contributed by atoms with Gasteiger partial charge in [0.2, 0.25) is 0 Å². The predicted octanol–water partition coefficient (Wildman–Crippen LogP) is 5.32. The van der Waals surface area contributed by atoms with Crippen LogP contribution in [0.5, 0.6) is 0 Å². The average molecular weight is 408 g/mol. The van der Waals surface area contributed by atoms with Crippen LogP contribution in [0.4, 0.5) is 4.39 Å². The van der Waals surface area contributed by atoms with Crippen molar-refractivity contribution in [2.75, 3.05) is 13.6 Å². The number of nitrogens with zero attached hydrogens (tertiary/aromatic N) is 4. The zero-order valence-corrected chi connectivity index (χ0v) is 17.3. The standard InChI is InChI=1S/C23H25FN4O2/c1-3-4-5-6-7-12-27(2)23(29)16-8-10-18-19(13-16)26-30-22(18)20-14-25-21-11-9-17(24)15-28(20)21/h8-11,13-15H,3-7,12H2,1-2H3. The van der Waals surface area contributed by atoms with Gasteiger partial charge in [-0.15, -0.1) is 0 Å². The first kappa shape index (κ1) is 20.1. The van der Waals surface area contributed by atoms with Crippen LogP contribution in [0.15, 0.2) is 47.2 Å². The summed E-state index contributed by atoms with van der Waals surface area (Å²) in [6.45, 7) is 2.92. The molecule has 0 unspecified atom stereocenters. The van der Waals surface area contributed by atoms with Crippen molar-refractivity contribution in [2.45, 2.75) is 39.0 Å². The van der Waals surface area contributed by atoms with Crippen LogP contribution in [0.25, 0.3) is 28.0 Å². The van der Waals surface area contributed by atoms with E-state index in [0.717, 1.165) is 24.8 Å². The van der Waals surface area contributed by atoms with Crippen LogP contribution in [0.1, 0.15) is 49.4 Å². The zero-order chi connectivity index (χ0) is 21.1. The molecular weight excluding hydrogens is 383 g/mol. The van der Waals surface area contributed by atoms with Gasteiger partial charge in [-0.2, -0.15) is 0 Å². The quantitative estimate of drug-likeness (QED) is 0.370. The largest absolute Gasteiger partial charge is 0.353 e. The van der Waals surface area contributed by atoms with Crippen molar-refractivity contribution < 1.29 is 13.7 Å². The summed E-state index contributed by atoms with van der Waals surface area (Å²) in [6, 6.07) is 8.31. The smallest absolute Gasteiger partial charge is 0.253 e. The van der Waals surface area contributed by atoms with E-state index in [1.807, 2.05) is 13.1 Å². The number of hydrogen-bond donors (Lipinski definition) is 0. The molecule has 4 aromatic rings. The second kappa shape index (κ2) is 8.65. The number of hydrogen-bond acceptors (Lipinski definition) is 4. The SMILES string of the molecule is CCCCCCCN(C)C(=O)c1ccc2c(-c3cnc4ccc(F)cn34)onc2c1. The van der Waals surface area contributed by atoms with Crippen molar-refractivity contribution >= 4 is 22.5 Å². The van der Waals surface area contributed by atoms with Gasteiger partial charge in [0.1, 0.15) is 22.7 Å². The highest BCUT2D eigenvalue weighted by atomic mass is 19.1. The Morgan fingerprint density at radius 1 is 1.17 bits per heavy atom. The summed E-state index contributed by atoms with van der Waals surface area (Å²) in [5.74, 6) is 0.0939. The Kier molecular flexibility index (Phi) is 5.79. The third-order valence-corrected chi connectivity index (χ3v) is 5.37. The molecule has 0 fully saturated rings. The van der Waals surface area contributed by atoms with Crippen molar-refractivity contribution in [3.05, 3.63) is 54.1 Å². The van der Waals surface area contributed by atoms with Gasteiger partial charge < -0.3 is 9.42 Å². The Labute approximate surface area is 174 Å². The summed E-state index contributed by atoms with van der Waals surface area (Å²) >= 11 is 0. The van der Waals surface area contributed by atoms with Gasteiger partial charge in [0, 0.05) is 25.4 Å². The first-order valence-electron chi connectivity index (χ1n) is 10.4. The number of unbranched alkanes of at least 4 members (excludes halogenated alkanes) is 4. The molecule has 0 aliphatic heterocycles. The maximum atomic E-state index is 13.7. The number of aromatic nitrogens is 3. The van der Waals surface area contributed by atoms with Gasteiger partial charge >= 0.3 is 0 Å². The monoisotopic (exact) mass is 408 g/mol. The molecule has 0 aliphatic carbocycles. The van der Waals surface area contributed by atoms with Crippen molar-refractivity contribution in [1.29, 1.82) is 0 Å². The van der Waals surface area contributed by atoms with Gasteiger partial charge in [0.25, 0.3) is 5.91 Å². The second-order valence-electron chi connectivity index (χ2n) is 7.60. The van der Waals surface area contributed by atoms with E-state index in [1.165, 1.54) is 31.5 Å². The molecular formula is C23H25FN4O2. The number of carbonyl (C=O) groups excluding carboxylic acids is 1. The summed E-state index contributed by atoms with van der Waals surface area (Å²) < 4.78 is 20.9. The number of benzene rings is 1. The third kappa shape index (κ3) is 3.92. The Morgan fingerprint density at radius 2 is 2.00 bits per heavy atom. The number of amides is 1.